The average molecular weight is 295 g/mol. The maximum Gasteiger partial charge on any atom is 0.173 e. The van der Waals surface area contributed by atoms with Crippen LogP contribution >= 0.6 is 0 Å². The Bertz CT molecular complexity index is 396. The number of nitrogens with zero attached hydrogens (tertiary/aromatic N) is 2. The molecule has 1 heterocycles. The molecular formula is C16H29N3O2. The molecule has 1 aromatic rings. The van der Waals surface area contributed by atoms with Crippen molar-refractivity contribution in [2.75, 3.05) is 20.3 Å². The van der Waals surface area contributed by atoms with E-state index in [4.69, 9.17) is 14.6 Å². The first-order valence-corrected chi connectivity index (χ1v) is 8.23. The van der Waals surface area contributed by atoms with Gasteiger partial charge < -0.3 is 14.8 Å². The van der Waals surface area contributed by atoms with Gasteiger partial charge in [-0.05, 0) is 39.8 Å². The van der Waals surface area contributed by atoms with Gasteiger partial charge in [-0.3, -0.25) is 4.68 Å². The molecule has 1 unspecified atom stereocenters. The lowest BCUT2D eigenvalue weighted by Gasteiger charge is -2.25. The van der Waals surface area contributed by atoms with Gasteiger partial charge in [0.05, 0.1) is 17.8 Å². The van der Waals surface area contributed by atoms with E-state index in [0.717, 1.165) is 12.1 Å². The van der Waals surface area contributed by atoms with Crippen molar-refractivity contribution in [1.82, 2.24) is 15.1 Å². The minimum Gasteiger partial charge on any atom is -0.351 e. The van der Waals surface area contributed by atoms with Crippen molar-refractivity contribution in [2.45, 2.75) is 64.3 Å². The SMILES string of the molecule is CCOC(OCC)C(Cc1ccn(C2CCCC2)n1)NC. The van der Waals surface area contributed by atoms with Crippen LogP contribution in [0.5, 0.6) is 0 Å². The van der Waals surface area contributed by atoms with Crippen LogP contribution in [-0.2, 0) is 15.9 Å². The zero-order valence-electron chi connectivity index (χ0n) is 13.5. The number of rotatable bonds is 9. The second kappa shape index (κ2) is 8.51. The number of likely N-dealkylation sites (N-methyl/N-ethyl adjacent to an activating group) is 1. The number of aromatic nitrogens is 2. The van der Waals surface area contributed by atoms with E-state index in [9.17, 15) is 0 Å². The number of hydrogen-bond acceptors (Lipinski definition) is 4. The smallest absolute Gasteiger partial charge is 0.173 e. The van der Waals surface area contributed by atoms with E-state index < -0.39 is 0 Å². The lowest BCUT2D eigenvalue weighted by atomic mass is 10.1. The van der Waals surface area contributed by atoms with E-state index in [1.165, 1.54) is 25.7 Å². The van der Waals surface area contributed by atoms with Crippen LogP contribution in [0.1, 0.15) is 51.3 Å². The van der Waals surface area contributed by atoms with Gasteiger partial charge in [0.25, 0.3) is 0 Å². The van der Waals surface area contributed by atoms with Crippen molar-refractivity contribution in [3.8, 4) is 0 Å². The Labute approximate surface area is 128 Å². The van der Waals surface area contributed by atoms with Crippen molar-refractivity contribution < 1.29 is 9.47 Å². The Balaban J connectivity index is 1.96. The van der Waals surface area contributed by atoms with Gasteiger partial charge in [0.1, 0.15) is 0 Å². The third kappa shape index (κ3) is 4.53. The third-order valence-corrected chi connectivity index (χ3v) is 4.15. The molecule has 0 aromatic carbocycles. The molecule has 5 nitrogen and oxygen atoms in total. The topological polar surface area (TPSA) is 48.3 Å². The molecule has 1 saturated carbocycles. The summed E-state index contributed by atoms with van der Waals surface area (Å²) >= 11 is 0. The monoisotopic (exact) mass is 295 g/mol. The molecule has 0 bridgehead atoms. The molecule has 120 valence electrons. The molecule has 1 N–H and O–H groups in total. The lowest BCUT2D eigenvalue weighted by Crippen LogP contribution is -2.43. The minimum atomic E-state index is -0.221. The Kier molecular flexibility index (Phi) is 6.67. The summed E-state index contributed by atoms with van der Waals surface area (Å²) in [6.07, 6.45) is 7.90. The van der Waals surface area contributed by atoms with Crippen LogP contribution in [0.2, 0.25) is 0 Å². The predicted octanol–water partition coefficient (Wildman–Crippen LogP) is 2.53. The molecule has 2 rings (SSSR count). The van der Waals surface area contributed by atoms with Crippen molar-refractivity contribution in [2.24, 2.45) is 0 Å². The van der Waals surface area contributed by atoms with Crippen LogP contribution in [0.3, 0.4) is 0 Å². The standard InChI is InChI=1S/C16H29N3O2/c1-4-20-16(21-5-2)15(17-3)12-13-10-11-19(18-13)14-8-6-7-9-14/h10-11,14-17H,4-9,12H2,1-3H3. The highest BCUT2D eigenvalue weighted by molar-refractivity contribution is 5.03. The van der Waals surface area contributed by atoms with Crippen LogP contribution in [-0.4, -0.2) is 42.4 Å². The quantitative estimate of drug-likeness (QED) is 0.711. The molecule has 21 heavy (non-hydrogen) atoms. The van der Waals surface area contributed by atoms with Crippen molar-refractivity contribution in [3.05, 3.63) is 18.0 Å². The molecule has 1 fully saturated rings. The zero-order chi connectivity index (χ0) is 15.1. The van der Waals surface area contributed by atoms with E-state index in [2.05, 4.69) is 22.3 Å². The van der Waals surface area contributed by atoms with Gasteiger partial charge >= 0.3 is 0 Å². The normalized spacial score (nSPS) is 17.7. The highest BCUT2D eigenvalue weighted by Crippen LogP contribution is 2.28. The summed E-state index contributed by atoms with van der Waals surface area (Å²) in [5, 5.41) is 8.05. The van der Waals surface area contributed by atoms with Gasteiger partial charge in [-0.1, -0.05) is 12.8 Å². The van der Waals surface area contributed by atoms with Crippen LogP contribution in [0.4, 0.5) is 0 Å². The first kappa shape index (κ1) is 16.5. The van der Waals surface area contributed by atoms with Crippen LogP contribution in [0.15, 0.2) is 12.3 Å². The Morgan fingerprint density at radius 2 is 1.95 bits per heavy atom. The Hall–Kier alpha value is -0.910. The summed E-state index contributed by atoms with van der Waals surface area (Å²) in [7, 11) is 1.95. The molecule has 0 amide bonds. The molecule has 1 aliphatic rings. The second-order valence-corrected chi connectivity index (χ2v) is 5.60. The minimum absolute atomic E-state index is 0.122. The second-order valence-electron chi connectivity index (χ2n) is 5.60. The summed E-state index contributed by atoms with van der Waals surface area (Å²) in [4.78, 5) is 0. The molecule has 0 aliphatic heterocycles. The molecule has 0 spiro atoms. The first-order valence-electron chi connectivity index (χ1n) is 8.23. The van der Waals surface area contributed by atoms with Crippen LogP contribution < -0.4 is 5.32 Å². The molecular weight excluding hydrogens is 266 g/mol. The maximum atomic E-state index is 5.69. The Morgan fingerprint density at radius 1 is 1.29 bits per heavy atom. The number of hydrogen-bond donors (Lipinski definition) is 1. The summed E-state index contributed by atoms with van der Waals surface area (Å²) in [5.74, 6) is 0. The Morgan fingerprint density at radius 3 is 2.52 bits per heavy atom. The van der Waals surface area contributed by atoms with E-state index in [1.54, 1.807) is 0 Å². The molecule has 0 saturated heterocycles. The molecule has 5 heteroatoms. The third-order valence-electron chi connectivity index (χ3n) is 4.15. The summed E-state index contributed by atoms with van der Waals surface area (Å²) < 4.78 is 13.5. The fourth-order valence-corrected chi connectivity index (χ4v) is 3.03. The fraction of sp³-hybridized carbons (Fsp3) is 0.812. The summed E-state index contributed by atoms with van der Waals surface area (Å²) in [6.45, 7) is 5.29. The van der Waals surface area contributed by atoms with E-state index in [-0.39, 0.29) is 12.3 Å². The molecule has 1 aliphatic carbocycles. The predicted molar refractivity (Wildman–Crippen MR) is 83.3 cm³/mol. The van der Waals surface area contributed by atoms with Crippen LogP contribution in [0, 0.1) is 0 Å². The lowest BCUT2D eigenvalue weighted by molar-refractivity contribution is -0.152. The van der Waals surface area contributed by atoms with Gasteiger partial charge in [0.2, 0.25) is 0 Å². The largest absolute Gasteiger partial charge is 0.351 e. The van der Waals surface area contributed by atoms with Gasteiger partial charge in [-0.2, -0.15) is 5.10 Å². The van der Waals surface area contributed by atoms with E-state index in [0.29, 0.717) is 19.3 Å². The highest BCUT2D eigenvalue weighted by Gasteiger charge is 2.23. The van der Waals surface area contributed by atoms with E-state index >= 15 is 0 Å². The van der Waals surface area contributed by atoms with Crippen molar-refractivity contribution in [1.29, 1.82) is 0 Å². The molecule has 0 radical (unpaired) electrons. The van der Waals surface area contributed by atoms with Crippen molar-refractivity contribution in [3.63, 3.8) is 0 Å². The van der Waals surface area contributed by atoms with Gasteiger partial charge in [0, 0.05) is 25.8 Å². The fourth-order valence-electron chi connectivity index (χ4n) is 3.03. The number of ether oxygens (including phenoxy) is 2. The highest BCUT2D eigenvalue weighted by atomic mass is 16.7. The summed E-state index contributed by atoms with van der Waals surface area (Å²) in [6, 6.07) is 2.84. The number of nitrogens with one attached hydrogen (secondary N) is 1. The first-order chi connectivity index (χ1) is 10.3. The van der Waals surface area contributed by atoms with E-state index in [1.807, 2.05) is 20.9 Å². The van der Waals surface area contributed by atoms with Crippen molar-refractivity contribution >= 4 is 0 Å². The summed E-state index contributed by atoms with van der Waals surface area (Å²) in [5.41, 5.74) is 1.10. The van der Waals surface area contributed by atoms with Gasteiger partial charge in [-0.15, -0.1) is 0 Å². The molecule has 1 aromatic heterocycles. The van der Waals surface area contributed by atoms with Gasteiger partial charge in [0.15, 0.2) is 6.29 Å². The average Bonchev–Trinajstić information content (AvgIpc) is 3.15. The molecule has 1 atom stereocenters. The maximum absolute atomic E-state index is 5.69. The van der Waals surface area contributed by atoms with Gasteiger partial charge in [-0.25, -0.2) is 0 Å². The zero-order valence-corrected chi connectivity index (χ0v) is 13.5. The van der Waals surface area contributed by atoms with Crippen LogP contribution in [0.25, 0.3) is 0 Å².